The first-order valence-electron chi connectivity index (χ1n) is 11.7. The van der Waals surface area contributed by atoms with Crippen molar-refractivity contribution in [3.05, 3.63) is 120 Å². The van der Waals surface area contributed by atoms with Gasteiger partial charge in [-0.05, 0) is 59.7 Å². The molecule has 4 rings (SSSR count). The molecule has 2 atom stereocenters. The minimum absolute atomic E-state index is 0.00373. The Bertz CT molecular complexity index is 1040. The number of para-hydroxylation sites is 2. The Labute approximate surface area is 203 Å². The van der Waals surface area contributed by atoms with Crippen LogP contribution in [0.1, 0.15) is 23.2 Å². The van der Waals surface area contributed by atoms with Crippen molar-refractivity contribution in [3.8, 4) is 0 Å². The molecule has 0 unspecified atom stereocenters. The maximum absolute atomic E-state index is 3.81. The fourth-order valence-electron chi connectivity index (χ4n) is 4.11. The SMILES string of the molecule is CN(C)c1ccc([C@@H](Nc2ccccc2)[C@@H](Nc2ccccc2)c2ccc(N(C)C)cc2)cc1. The van der Waals surface area contributed by atoms with Gasteiger partial charge in [0.15, 0.2) is 0 Å². The minimum Gasteiger partial charge on any atom is -0.378 e. The fraction of sp³-hybridized carbons (Fsp3) is 0.200. The van der Waals surface area contributed by atoms with Crippen LogP contribution in [0.2, 0.25) is 0 Å². The van der Waals surface area contributed by atoms with Gasteiger partial charge in [-0.25, -0.2) is 0 Å². The van der Waals surface area contributed by atoms with E-state index in [1.165, 1.54) is 22.5 Å². The van der Waals surface area contributed by atoms with Crippen molar-refractivity contribution in [1.82, 2.24) is 0 Å². The maximum Gasteiger partial charge on any atom is 0.0757 e. The second kappa shape index (κ2) is 10.8. The van der Waals surface area contributed by atoms with Crippen LogP contribution in [0, 0.1) is 0 Å². The second-order valence-electron chi connectivity index (χ2n) is 8.95. The molecule has 174 valence electrons. The van der Waals surface area contributed by atoms with E-state index in [0.717, 1.165) is 11.4 Å². The zero-order valence-corrected chi connectivity index (χ0v) is 20.4. The molecule has 0 heterocycles. The van der Waals surface area contributed by atoms with Gasteiger partial charge in [0.1, 0.15) is 0 Å². The Morgan fingerprint density at radius 1 is 0.441 bits per heavy atom. The molecule has 0 aliphatic carbocycles. The van der Waals surface area contributed by atoms with Crippen molar-refractivity contribution in [2.75, 3.05) is 48.6 Å². The first kappa shape index (κ1) is 23.2. The number of nitrogens with one attached hydrogen (secondary N) is 2. The van der Waals surface area contributed by atoms with Crippen LogP contribution in [0.5, 0.6) is 0 Å². The first-order valence-corrected chi connectivity index (χ1v) is 11.7. The number of rotatable bonds is 9. The summed E-state index contributed by atoms with van der Waals surface area (Å²) >= 11 is 0. The summed E-state index contributed by atoms with van der Waals surface area (Å²) in [7, 11) is 8.28. The van der Waals surface area contributed by atoms with E-state index >= 15 is 0 Å². The molecule has 4 heteroatoms. The maximum atomic E-state index is 3.81. The average molecular weight is 451 g/mol. The highest BCUT2D eigenvalue weighted by atomic mass is 15.1. The van der Waals surface area contributed by atoms with Gasteiger partial charge < -0.3 is 20.4 Å². The summed E-state index contributed by atoms with van der Waals surface area (Å²) in [4.78, 5) is 4.26. The molecule has 0 spiro atoms. The van der Waals surface area contributed by atoms with E-state index in [9.17, 15) is 0 Å². The number of benzene rings is 4. The van der Waals surface area contributed by atoms with E-state index in [1.54, 1.807) is 0 Å². The Hall–Kier alpha value is -3.92. The smallest absolute Gasteiger partial charge is 0.0757 e. The molecule has 4 aromatic carbocycles. The van der Waals surface area contributed by atoms with Crippen LogP contribution in [0.15, 0.2) is 109 Å². The van der Waals surface area contributed by atoms with E-state index in [1.807, 2.05) is 12.1 Å². The van der Waals surface area contributed by atoms with Gasteiger partial charge in [0.25, 0.3) is 0 Å². The van der Waals surface area contributed by atoms with Crippen molar-refractivity contribution >= 4 is 22.7 Å². The highest BCUT2D eigenvalue weighted by Gasteiger charge is 2.25. The van der Waals surface area contributed by atoms with Crippen molar-refractivity contribution < 1.29 is 0 Å². The molecule has 0 bridgehead atoms. The standard InChI is InChI=1S/C30H34N4/c1-33(2)27-19-15-23(16-20-27)29(31-25-11-7-5-8-12-25)30(32-26-13-9-6-10-14-26)24-17-21-28(22-18-24)34(3)4/h5-22,29-32H,1-4H3/t29-,30+. The largest absolute Gasteiger partial charge is 0.378 e. The fourth-order valence-corrected chi connectivity index (χ4v) is 4.11. The highest BCUT2D eigenvalue weighted by molar-refractivity contribution is 5.55. The number of anilines is 4. The van der Waals surface area contributed by atoms with Crippen LogP contribution in [0.25, 0.3) is 0 Å². The minimum atomic E-state index is 0.00373. The molecule has 0 amide bonds. The Morgan fingerprint density at radius 3 is 1.06 bits per heavy atom. The third-order valence-electron chi connectivity index (χ3n) is 6.06. The molecule has 0 saturated heterocycles. The lowest BCUT2D eigenvalue weighted by molar-refractivity contribution is 0.650. The zero-order chi connectivity index (χ0) is 23.9. The van der Waals surface area contributed by atoms with Gasteiger partial charge in [-0.1, -0.05) is 60.7 Å². The van der Waals surface area contributed by atoms with E-state index in [2.05, 4.69) is 146 Å². The van der Waals surface area contributed by atoms with Crippen LogP contribution in [-0.4, -0.2) is 28.2 Å². The quantitative estimate of drug-likeness (QED) is 0.293. The molecule has 0 radical (unpaired) electrons. The molecule has 0 aliphatic heterocycles. The monoisotopic (exact) mass is 450 g/mol. The lowest BCUT2D eigenvalue weighted by Gasteiger charge is -2.32. The zero-order valence-electron chi connectivity index (χ0n) is 20.4. The summed E-state index contributed by atoms with van der Waals surface area (Å²) < 4.78 is 0. The van der Waals surface area contributed by atoms with Crippen LogP contribution < -0.4 is 20.4 Å². The summed E-state index contributed by atoms with van der Waals surface area (Å²) in [6, 6.07) is 38.5. The van der Waals surface area contributed by atoms with Crippen LogP contribution in [0.3, 0.4) is 0 Å². The number of hydrogen-bond acceptors (Lipinski definition) is 4. The Morgan fingerprint density at radius 2 is 0.765 bits per heavy atom. The van der Waals surface area contributed by atoms with Gasteiger partial charge in [-0.15, -0.1) is 0 Å². The normalized spacial score (nSPS) is 12.5. The van der Waals surface area contributed by atoms with Crippen LogP contribution >= 0.6 is 0 Å². The number of hydrogen-bond donors (Lipinski definition) is 2. The van der Waals surface area contributed by atoms with Gasteiger partial charge in [0.2, 0.25) is 0 Å². The molecule has 0 aromatic heterocycles. The van der Waals surface area contributed by atoms with Crippen molar-refractivity contribution in [2.24, 2.45) is 0 Å². The van der Waals surface area contributed by atoms with Crippen molar-refractivity contribution in [2.45, 2.75) is 12.1 Å². The molecule has 4 aromatic rings. The number of nitrogens with zero attached hydrogens (tertiary/aromatic N) is 2. The summed E-state index contributed by atoms with van der Waals surface area (Å²) in [5, 5.41) is 7.63. The molecular formula is C30H34N4. The summed E-state index contributed by atoms with van der Waals surface area (Å²) in [6.07, 6.45) is 0. The predicted octanol–water partition coefficient (Wildman–Crippen LogP) is 6.83. The van der Waals surface area contributed by atoms with Crippen molar-refractivity contribution in [1.29, 1.82) is 0 Å². The second-order valence-corrected chi connectivity index (χ2v) is 8.95. The molecule has 4 nitrogen and oxygen atoms in total. The Kier molecular flexibility index (Phi) is 7.38. The first-order chi connectivity index (χ1) is 16.5. The molecule has 0 fully saturated rings. The average Bonchev–Trinajstić information content (AvgIpc) is 2.87. The van der Waals surface area contributed by atoms with E-state index in [-0.39, 0.29) is 12.1 Å². The molecule has 0 saturated carbocycles. The third kappa shape index (κ3) is 5.70. The van der Waals surface area contributed by atoms with Gasteiger partial charge in [-0.2, -0.15) is 0 Å². The van der Waals surface area contributed by atoms with E-state index < -0.39 is 0 Å². The van der Waals surface area contributed by atoms with Gasteiger partial charge >= 0.3 is 0 Å². The molecule has 2 N–H and O–H groups in total. The lowest BCUT2D eigenvalue weighted by atomic mass is 9.92. The van der Waals surface area contributed by atoms with Gasteiger partial charge in [-0.3, -0.25) is 0 Å². The Balaban J connectivity index is 1.78. The summed E-state index contributed by atoms with van der Waals surface area (Å²) in [5.74, 6) is 0. The third-order valence-corrected chi connectivity index (χ3v) is 6.06. The van der Waals surface area contributed by atoms with Crippen LogP contribution in [-0.2, 0) is 0 Å². The predicted molar refractivity (Wildman–Crippen MR) is 147 cm³/mol. The highest BCUT2D eigenvalue weighted by Crippen LogP contribution is 2.36. The summed E-state index contributed by atoms with van der Waals surface area (Å²) in [5.41, 5.74) is 7.00. The van der Waals surface area contributed by atoms with Crippen molar-refractivity contribution in [3.63, 3.8) is 0 Å². The van der Waals surface area contributed by atoms with Gasteiger partial charge in [0, 0.05) is 50.9 Å². The molecule has 0 aliphatic rings. The molecule has 34 heavy (non-hydrogen) atoms. The summed E-state index contributed by atoms with van der Waals surface area (Å²) in [6.45, 7) is 0. The lowest BCUT2D eigenvalue weighted by Crippen LogP contribution is -2.26. The molecular weight excluding hydrogens is 416 g/mol. The van der Waals surface area contributed by atoms with Crippen LogP contribution in [0.4, 0.5) is 22.7 Å². The van der Waals surface area contributed by atoms with E-state index in [4.69, 9.17) is 0 Å². The van der Waals surface area contributed by atoms with E-state index in [0.29, 0.717) is 0 Å². The van der Waals surface area contributed by atoms with Gasteiger partial charge in [0.05, 0.1) is 12.1 Å². The topological polar surface area (TPSA) is 30.5 Å².